The van der Waals surface area contributed by atoms with Gasteiger partial charge in [-0.1, -0.05) is 159 Å². The van der Waals surface area contributed by atoms with Crippen LogP contribution in [0.1, 0.15) is 96.5 Å². The minimum Gasteiger partial charge on any atom is -0.337 e. The van der Waals surface area contributed by atoms with E-state index in [1.165, 1.54) is 126 Å². The first-order valence-electron chi connectivity index (χ1n) is 16.9. The fourth-order valence-corrected chi connectivity index (χ4v) is 14.0. The van der Waals surface area contributed by atoms with Gasteiger partial charge in [-0.3, -0.25) is 0 Å². The Balaban J connectivity index is 1.54. The van der Waals surface area contributed by atoms with E-state index in [0.29, 0.717) is 0 Å². The van der Waals surface area contributed by atoms with Gasteiger partial charge in [0.15, 0.2) is 0 Å². The zero-order valence-corrected chi connectivity index (χ0v) is 30.5. The van der Waals surface area contributed by atoms with Crippen molar-refractivity contribution in [3.8, 4) is 0 Å². The van der Waals surface area contributed by atoms with E-state index in [9.17, 15) is 0 Å². The van der Waals surface area contributed by atoms with E-state index in [1.807, 2.05) is 0 Å². The van der Waals surface area contributed by atoms with Crippen molar-refractivity contribution < 1.29 is 0 Å². The third-order valence-corrected chi connectivity index (χ3v) is 15.9. The lowest BCUT2D eigenvalue weighted by molar-refractivity contribution is 0.616. The smallest absolute Gasteiger partial charge is 0.123 e. The molecular formula is C39H49Br2NSi. The summed E-state index contributed by atoms with van der Waals surface area (Å²) in [7, 11) is -2.03. The van der Waals surface area contributed by atoms with Gasteiger partial charge in [-0.2, -0.15) is 0 Å². The number of halogens is 2. The minimum absolute atomic E-state index is 0.882. The van der Waals surface area contributed by atoms with Gasteiger partial charge in [0.05, 0.1) is 0 Å². The van der Waals surface area contributed by atoms with E-state index < -0.39 is 8.07 Å². The lowest BCUT2D eigenvalue weighted by atomic mass is 10.1. The number of rotatable bonds is 16. The maximum atomic E-state index is 3.93. The van der Waals surface area contributed by atoms with Crippen molar-refractivity contribution in [3.05, 3.63) is 93.4 Å². The number of nitrogens with zero attached hydrogens (tertiary/aromatic N) is 1. The highest BCUT2D eigenvalue weighted by Crippen LogP contribution is 2.40. The van der Waals surface area contributed by atoms with Crippen LogP contribution in [0.15, 0.2) is 87.8 Å². The van der Waals surface area contributed by atoms with E-state index in [2.05, 4.69) is 129 Å². The summed E-state index contributed by atoms with van der Waals surface area (Å²) in [6.07, 6.45) is 16.3. The van der Waals surface area contributed by atoms with Gasteiger partial charge in [0, 0.05) is 26.9 Å². The Kier molecular flexibility index (Phi) is 12.0. The zero-order chi connectivity index (χ0) is 30.1. The Morgan fingerprint density at radius 2 is 1.05 bits per heavy atom. The van der Waals surface area contributed by atoms with Gasteiger partial charge in [0.1, 0.15) is 8.07 Å². The lowest BCUT2D eigenvalue weighted by Gasteiger charge is -2.45. The van der Waals surface area contributed by atoms with Crippen molar-refractivity contribution in [2.45, 2.75) is 110 Å². The SMILES string of the molecule is CCCCCCCC[Si]1(CCCCCCCC)c2cc(Br)ccc2N(Cc2ccc3ccccc3c2)c2ccc(Br)cc21. The highest BCUT2D eigenvalue weighted by Gasteiger charge is 2.44. The van der Waals surface area contributed by atoms with E-state index in [-0.39, 0.29) is 0 Å². The summed E-state index contributed by atoms with van der Waals surface area (Å²) in [6, 6.07) is 32.8. The molecule has 43 heavy (non-hydrogen) atoms. The number of unbranched alkanes of at least 4 members (excludes halogenated alkanes) is 10. The van der Waals surface area contributed by atoms with Gasteiger partial charge < -0.3 is 4.90 Å². The Hall–Kier alpha value is -1.88. The maximum absolute atomic E-state index is 3.93. The van der Waals surface area contributed by atoms with Crippen molar-refractivity contribution in [2.75, 3.05) is 4.90 Å². The van der Waals surface area contributed by atoms with Crippen LogP contribution in [0.5, 0.6) is 0 Å². The molecule has 0 saturated heterocycles. The molecule has 0 radical (unpaired) electrons. The highest BCUT2D eigenvalue weighted by atomic mass is 79.9. The molecule has 0 aliphatic carbocycles. The molecule has 0 N–H and O–H groups in total. The van der Waals surface area contributed by atoms with Gasteiger partial charge in [-0.15, -0.1) is 0 Å². The van der Waals surface area contributed by atoms with E-state index in [0.717, 1.165) is 6.54 Å². The topological polar surface area (TPSA) is 3.24 Å². The van der Waals surface area contributed by atoms with Crippen LogP contribution in [0.25, 0.3) is 10.8 Å². The first kappa shape index (κ1) is 32.5. The van der Waals surface area contributed by atoms with Crippen molar-refractivity contribution in [1.29, 1.82) is 0 Å². The molecule has 4 aromatic rings. The van der Waals surface area contributed by atoms with E-state index in [1.54, 1.807) is 10.4 Å². The lowest BCUT2D eigenvalue weighted by Crippen LogP contribution is -2.63. The maximum Gasteiger partial charge on any atom is 0.123 e. The number of benzene rings is 4. The van der Waals surface area contributed by atoms with Gasteiger partial charge in [0.2, 0.25) is 0 Å². The molecule has 0 amide bonds. The number of hydrogen-bond acceptors (Lipinski definition) is 1. The quantitative estimate of drug-likeness (QED) is 0.0823. The summed E-state index contributed by atoms with van der Waals surface area (Å²) in [6.45, 7) is 5.52. The van der Waals surface area contributed by atoms with Crippen molar-refractivity contribution in [1.82, 2.24) is 0 Å². The largest absolute Gasteiger partial charge is 0.337 e. The molecule has 1 aliphatic heterocycles. The average Bonchev–Trinajstić information content (AvgIpc) is 3.02. The minimum atomic E-state index is -2.03. The normalized spacial score (nSPS) is 13.7. The third-order valence-electron chi connectivity index (χ3n) is 9.60. The van der Waals surface area contributed by atoms with Gasteiger partial charge in [0.25, 0.3) is 0 Å². The average molecular weight is 720 g/mol. The van der Waals surface area contributed by atoms with Crippen LogP contribution in [0.4, 0.5) is 11.4 Å². The molecule has 0 spiro atoms. The van der Waals surface area contributed by atoms with Crippen LogP contribution in [-0.2, 0) is 6.54 Å². The molecule has 5 rings (SSSR count). The molecule has 228 valence electrons. The summed E-state index contributed by atoms with van der Waals surface area (Å²) in [4.78, 5) is 2.63. The van der Waals surface area contributed by atoms with Crippen molar-refractivity contribution in [3.63, 3.8) is 0 Å². The molecule has 4 aromatic carbocycles. The monoisotopic (exact) mass is 717 g/mol. The van der Waals surface area contributed by atoms with Crippen LogP contribution < -0.4 is 15.3 Å². The standard InChI is InChI=1S/C39H49Br2NSi/c1-3-5-7-9-11-15-25-43(26-16-12-10-8-6-4-2)38-28-34(40)21-23-36(38)42(37-24-22-35(41)29-39(37)43)30-31-19-20-32-17-13-14-18-33(32)27-31/h13-14,17-24,27-29H,3-12,15-16,25-26,30H2,1-2H3. The summed E-state index contributed by atoms with van der Waals surface area (Å²) in [5.41, 5.74) is 4.24. The Morgan fingerprint density at radius 3 is 1.60 bits per heavy atom. The second-order valence-corrected chi connectivity index (χ2v) is 18.8. The highest BCUT2D eigenvalue weighted by molar-refractivity contribution is 9.10. The third kappa shape index (κ3) is 7.86. The molecular weight excluding hydrogens is 670 g/mol. The molecule has 1 aliphatic rings. The first-order chi connectivity index (χ1) is 21.1. The second-order valence-electron chi connectivity index (χ2n) is 12.7. The van der Waals surface area contributed by atoms with Crippen LogP contribution in [-0.4, -0.2) is 8.07 Å². The predicted octanol–water partition coefficient (Wildman–Crippen LogP) is 12.3. The number of anilines is 2. The van der Waals surface area contributed by atoms with Crippen LogP contribution in [0.3, 0.4) is 0 Å². The Labute approximate surface area is 278 Å². The van der Waals surface area contributed by atoms with Crippen molar-refractivity contribution >= 4 is 72.5 Å². The summed E-state index contributed by atoms with van der Waals surface area (Å²) < 4.78 is 2.44. The van der Waals surface area contributed by atoms with E-state index in [4.69, 9.17) is 0 Å². The first-order valence-corrected chi connectivity index (χ1v) is 20.9. The fraction of sp³-hybridized carbons (Fsp3) is 0.436. The summed E-state index contributed by atoms with van der Waals surface area (Å²) in [5.74, 6) is 0. The molecule has 0 aromatic heterocycles. The van der Waals surface area contributed by atoms with Crippen LogP contribution in [0.2, 0.25) is 12.1 Å². The molecule has 0 bridgehead atoms. The fourth-order valence-electron chi connectivity index (χ4n) is 7.30. The second kappa shape index (κ2) is 15.9. The van der Waals surface area contributed by atoms with Gasteiger partial charge in [-0.25, -0.2) is 0 Å². The van der Waals surface area contributed by atoms with Gasteiger partial charge >= 0.3 is 0 Å². The number of hydrogen-bond donors (Lipinski definition) is 0. The Bertz CT molecular complexity index is 1410. The molecule has 1 nitrogen and oxygen atoms in total. The molecule has 0 atom stereocenters. The summed E-state index contributed by atoms with van der Waals surface area (Å²) >= 11 is 7.85. The summed E-state index contributed by atoms with van der Waals surface area (Å²) in [5, 5.41) is 5.92. The Morgan fingerprint density at radius 1 is 0.535 bits per heavy atom. The molecule has 0 fully saturated rings. The number of fused-ring (bicyclic) bond motifs is 3. The predicted molar refractivity (Wildman–Crippen MR) is 199 cm³/mol. The molecule has 0 saturated carbocycles. The van der Waals surface area contributed by atoms with Crippen LogP contribution >= 0.6 is 31.9 Å². The molecule has 4 heteroatoms. The molecule has 0 unspecified atom stereocenters. The molecule has 1 heterocycles. The van der Waals surface area contributed by atoms with Gasteiger partial charge in [-0.05, 0) is 81.3 Å². The van der Waals surface area contributed by atoms with Crippen molar-refractivity contribution in [2.24, 2.45) is 0 Å². The van der Waals surface area contributed by atoms with Crippen LogP contribution in [0, 0.1) is 0 Å². The zero-order valence-electron chi connectivity index (χ0n) is 26.3. The van der Waals surface area contributed by atoms with E-state index >= 15 is 0 Å².